The smallest absolute Gasteiger partial charge is 0.123 e. The summed E-state index contributed by atoms with van der Waals surface area (Å²) in [5, 5.41) is 19.0. The summed E-state index contributed by atoms with van der Waals surface area (Å²) in [7, 11) is 1.62. The lowest BCUT2D eigenvalue weighted by atomic mass is 10.1. The monoisotopic (exact) mass is 242 g/mol. The van der Waals surface area contributed by atoms with Crippen molar-refractivity contribution >= 4 is 12.2 Å². The molecule has 0 saturated carbocycles. The average molecular weight is 242 g/mol. The molecule has 0 aliphatic heterocycles. The number of ether oxygens (including phenoxy) is 1. The molecule has 18 heavy (non-hydrogen) atoms. The number of hydrogen-bond acceptors (Lipinski definition) is 3. The Hall–Kier alpha value is -2.42. The van der Waals surface area contributed by atoms with Gasteiger partial charge in [-0.1, -0.05) is 24.3 Å². The fourth-order valence-corrected chi connectivity index (χ4v) is 1.58. The van der Waals surface area contributed by atoms with Crippen LogP contribution in [-0.2, 0) is 0 Å². The third-order valence-corrected chi connectivity index (χ3v) is 2.58. The molecular weight excluding hydrogens is 228 g/mol. The number of aromatic hydroxyl groups is 2. The van der Waals surface area contributed by atoms with Gasteiger partial charge in [0.25, 0.3) is 0 Å². The first-order chi connectivity index (χ1) is 8.69. The summed E-state index contributed by atoms with van der Waals surface area (Å²) in [5.41, 5.74) is 1.56. The van der Waals surface area contributed by atoms with Crippen molar-refractivity contribution in [2.24, 2.45) is 0 Å². The number of methoxy groups -OCH3 is 1. The molecule has 0 bridgehead atoms. The van der Waals surface area contributed by atoms with Gasteiger partial charge in [0.15, 0.2) is 0 Å². The van der Waals surface area contributed by atoms with E-state index < -0.39 is 0 Å². The highest BCUT2D eigenvalue weighted by Crippen LogP contribution is 2.24. The van der Waals surface area contributed by atoms with Crippen LogP contribution in [0.25, 0.3) is 12.2 Å². The van der Waals surface area contributed by atoms with Gasteiger partial charge in [-0.15, -0.1) is 0 Å². The van der Waals surface area contributed by atoms with Crippen molar-refractivity contribution in [3.63, 3.8) is 0 Å². The normalized spacial score (nSPS) is 10.7. The van der Waals surface area contributed by atoms with Gasteiger partial charge in [-0.2, -0.15) is 0 Å². The van der Waals surface area contributed by atoms with Gasteiger partial charge in [-0.05, 0) is 35.9 Å². The van der Waals surface area contributed by atoms with Crippen molar-refractivity contribution in [3.05, 3.63) is 53.6 Å². The summed E-state index contributed by atoms with van der Waals surface area (Å²) >= 11 is 0. The maximum atomic E-state index is 9.61. The predicted octanol–water partition coefficient (Wildman–Crippen LogP) is 3.28. The van der Waals surface area contributed by atoms with E-state index in [1.54, 1.807) is 13.2 Å². The highest BCUT2D eigenvalue weighted by Gasteiger charge is 1.98. The molecule has 92 valence electrons. The molecule has 0 aliphatic rings. The first-order valence-corrected chi connectivity index (χ1v) is 5.53. The Morgan fingerprint density at radius 2 is 1.67 bits per heavy atom. The van der Waals surface area contributed by atoms with Gasteiger partial charge in [0, 0.05) is 5.56 Å². The molecule has 0 spiro atoms. The van der Waals surface area contributed by atoms with Crippen LogP contribution in [-0.4, -0.2) is 17.3 Å². The Morgan fingerprint density at radius 3 is 2.33 bits per heavy atom. The van der Waals surface area contributed by atoms with Crippen molar-refractivity contribution < 1.29 is 14.9 Å². The lowest BCUT2D eigenvalue weighted by Crippen LogP contribution is -1.81. The molecule has 3 heteroatoms. The van der Waals surface area contributed by atoms with Crippen LogP contribution in [0.4, 0.5) is 0 Å². The van der Waals surface area contributed by atoms with Crippen LogP contribution in [0.3, 0.4) is 0 Å². The van der Waals surface area contributed by atoms with Gasteiger partial charge in [0.1, 0.15) is 17.2 Å². The number of hydrogen-bond donors (Lipinski definition) is 2. The van der Waals surface area contributed by atoms with Gasteiger partial charge in [0.2, 0.25) is 0 Å². The molecule has 2 aromatic rings. The summed E-state index contributed by atoms with van der Waals surface area (Å²) in [4.78, 5) is 0. The third kappa shape index (κ3) is 2.83. The fraction of sp³-hybridized carbons (Fsp3) is 0.0667. The third-order valence-electron chi connectivity index (χ3n) is 2.58. The van der Waals surface area contributed by atoms with Crippen LogP contribution >= 0.6 is 0 Å². The van der Waals surface area contributed by atoms with Crippen LogP contribution in [0.15, 0.2) is 42.5 Å². The van der Waals surface area contributed by atoms with Crippen LogP contribution < -0.4 is 4.74 Å². The number of rotatable bonds is 3. The van der Waals surface area contributed by atoms with Gasteiger partial charge in [-0.3, -0.25) is 0 Å². The Kier molecular flexibility index (Phi) is 3.53. The molecule has 3 nitrogen and oxygen atoms in total. The SMILES string of the molecule is COc1ccc(/C=C/c2cc(O)ccc2O)cc1. The predicted molar refractivity (Wildman–Crippen MR) is 71.7 cm³/mol. The molecule has 0 aromatic heterocycles. The molecule has 0 amide bonds. The molecule has 0 atom stereocenters. The van der Waals surface area contributed by atoms with E-state index in [0.717, 1.165) is 11.3 Å². The van der Waals surface area contributed by atoms with Crippen molar-refractivity contribution in [1.82, 2.24) is 0 Å². The Balaban J connectivity index is 2.21. The van der Waals surface area contributed by atoms with E-state index >= 15 is 0 Å². The summed E-state index contributed by atoms with van der Waals surface area (Å²) in [6, 6.07) is 12.0. The van der Waals surface area contributed by atoms with Gasteiger partial charge in [-0.25, -0.2) is 0 Å². The molecule has 0 saturated heterocycles. The minimum Gasteiger partial charge on any atom is -0.508 e. The molecule has 0 fully saturated rings. The Morgan fingerprint density at radius 1 is 0.944 bits per heavy atom. The number of phenols is 2. The van der Waals surface area contributed by atoms with Crippen molar-refractivity contribution in [3.8, 4) is 17.2 Å². The highest BCUT2D eigenvalue weighted by molar-refractivity contribution is 5.73. The quantitative estimate of drug-likeness (QED) is 0.641. The molecule has 0 unspecified atom stereocenters. The highest BCUT2D eigenvalue weighted by atomic mass is 16.5. The van der Waals surface area contributed by atoms with E-state index in [2.05, 4.69) is 0 Å². The van der Waals surface area contributed by atoms with Crippen LogP contribution in [0, 0.1) is 0 Å². The van der Waals surface area contributed by atoms with Gasteiger partial charge < -0.3 is 14.9 Å². The number of benzene rings is 2. The van der Waals surface area contributed by atoms with Crippen LogP contribution in [0.1, 0.15) is 11.1 Å². The first kappa shape index (κ1) is 12.0. The molecular formula is C15H14O3. The minimum atomic E-state index is 0.127. The largest absolute Gasteiger partial charge is 0.508 e. The Labute approximate surface area is 106 Å². The van der Waals surface area contributed by atoms with E-state index in [4.69, 9.17) is 4.74 Å². The molecule has 0 radical (unpaired) electrons. The summed E-state index contributed by atoms with van der Waals surface area (Å²) in [5.74, 6) is 1.06. The maximum absolute atomic E-state index is 9.61. The van der Waals surface area contributed by atoms with Crippen molar-refractivity contribution in [2.45, 2.75) is 0 Å². The maximum Gasteiger partial charge on any atom is 0.123 e. The van der Waals surface area contributed by atoms with Gasteiger partial charge >= 0.3 is 0 Å². The number of phenolic OH excluding ortho intramolecular Hbond substituents is 2. The zero-order valence-corrected chi connectivity index (χ0v) is 10.00. The fourth-order valence-electron chi connectivity index (χ4n) is 1.58. The standard InChI is InChI=1S/C15H14O3/c1-18-14-7-3-11(4-8-14)2-5-12-10-13(16)6-9-15(12)17/h2-10,16-17H,1H3/b5-2+. The molecule has 0 aliphatic carbocycles. The first-order valence-electron chi connectivity index (χ1n) is 5.53. The molecule has 0 heterocycles. The van der Waals surface area contributed by atoms with Crippen LogP contribution in [0.5, 0.6) is 17.2 Å². The lowest BCUT2D eigenvalue weighted by molar-refractivity contribution is 0.415. The van der Waals surface area contributed by atoms with Crippen molar-refractivity contribution in [2.75, 3.05) is 7.11 Å². The van der Waals surface area contributed by atoms with Gasteiger partial charge in [0.05, 0.1) is 7.11 Å². The van der Waals surface area contributed by atoms with Crippen molar-refractivity contribution in [1.29, 1.82) is 0 Å². The van der Waals surface area contributed by atoms with E-state index in [-0.39, 0.29) is 11.5 Å². The average Bonchev–Trinajstić information content (AvgIpc) is 2.40. The van der Waals surface area contributed by atoms with E-state index in [1.165, 1.54) is 18.2 Å². The Bertz CT molecular complexity index is 556. The van der Waals surface area contributed by atoms with E-state index in [0.29, 0.717) is 5.56 Å². The zero-order chi connectivity index (χ0) is 13.0. The van der Waals surface area contributed by atoms with Crippen LogP contribution in [0.2, 0.25) is 0 Å². The molecule has 2 rings (SSSR count). The lowest BCUT2D eigenvalue weighted by Gasteiger charge is -2.01. The molecule has 2 N–H and O–H groups in total. The second-order valence-electron chi connectivity index (χ2n) is 3.85. The second-order valence-corrected chi connectivity index (χ2v) is 3.85. The summed E-state index contributed by atoms with van der Waals surface area (Å²) in [6.45, 7) is 0. The summed E-state index contributed by atoms with van der Waals surface area (Å²) in [6.07, 6.45) is 3.60. The summed E-state index contributed by atoms with van der Waals surface area (Å²) < 4.78 is 5.07. The minimum absolute atomic E-state index is 0.127. The van der Waals surface area contributed by atoms with E-state index in [9.17, 15) is 10.2 Å². The van der Waals surface area contributed by atoms with E-state index in [1.807, 2.05) is 30.3 Å². The zero-order valence-electron chi connectivity index (χ0n) is 10.00. The second kappa shape index (κ2) is 5.27. The topological polar surface area (TPSA) is 49.7 Å². The molecule has 2 aromatic carbocycles.